The molecular weight excluding hydrogens is 711 g/mol. The first-order chi connectivity index (χ1) is 26.2. The van der Waals surface area contributed by atoms with Gasteiger partial charge in [0.25, 0.3) is 0 Å². The zero-order valence-corrected chi connectivity index (χ0v) is 32.9. The molecule has 0 amide bonds. The maximum atomic E-state index is 12.4. The van der Waals surface area contributed by atoms with Crippen LogP contribution in [0.2, 0.25) is 0 Å². The summed E-state index contributed by atoms with van der Waals surface area (Å²) in [6, 6.07) is 9.97. The SMILES string of the molecule is C/C=C/CC(C=O)CC(=O)OCCOCCOCCN(CCOCCOC(=O)C(CC)C/C=C/C)c1ccc(N=Nc2sc(C#N)c(C)c2C#N)c(C)c1. The van der Waals surface area contributed by atoms with Gasteiger partial charge in [-0.15, -0.1) is 21.6 Å². The van der Waals surface area contributed by atoms with Crippen molar-refractivity contribution in [1.29, 1.82) is 10.5 Å². The number of aryl methyl sites for hydroxylation is 1. The van der Waals surface area contributed by atoms with Crippen molar-refractivity contribution in [2.45, 2.75) is 60.3 Å². The molecule has 0 saturated carbocycles. The summed E-state index contributed by atoms with van der Waals surface area (Å²) in [4.78, 5) is 38.1. The van der Waals surface area contributed by atoms with Gasteiger partial charge in [-0.2, -0.15) is 10.5 Å². The van der Waals surface area contributed by atoms with Crippen LogP contribution < -0.4 is 4.90 Å². The Hall–Kier alpha value is -4.73. The zero-order valence-electron chi connectivity index (χ0n) is 32.1. The Bertz CT molecular complexity index is 1640. The molecular formula is C40H53N5O8S. The second-order valence-electron chi connectivity index (χ2n) is 12.2. The molecule has 0 aliphatic rings. The van der Waals surface area contributed by atoms with Crippen molar-refractivity contribution in [2.24, 2.45) is 22.1 Å². The zero-order chi connectivity index (χ0) is 39.6. The maximum Gasteiger partial charge on any atom is 0.309 e. The molecule has 0 N–H and O–H groups in total. The number of rotatable bonds is 27. The fourth-order valence-electron chi connectivity index (χ4n) is 5.03. The van der Waals surface area contributed by atoms with Crippen LogP contribution >= 0.6 is 11.3 Å². The molecule has 1 aromatic carbocycles. The fraction of sp³-hybridized carbons (Fsp3) is 0.525. The minimum absolute atomic E-state index is 0.0387. The molecule has 13 nitrogen and oxygen atoms in total. The van der Waals surface area contributed by atoms with E-state index in [0.29, 0.717) is 85.5 Å². The van der Waals surface area contributed by atoms with Gasteiger partial charge in [-0.1, -0.05) is 31.2 Å². The predicted molar refractivity (Wildman–Crippen MR) is 207 cm³/mol. The summed E-state index contributed by atoms with van der Waals surface area (Å²) >= 11 is 1.14. The van der Waals surface area contributed by atoms with Crippen molar-refractivity contribution in [1.82, 2.24) is 0 Å². The van der Waals surface area contributed by atoms with Crippen LogP contribution in [0.5, 0.6) is 0 Å². The van der Waals surface area contributed by atoms with Gasteiger partial charge in [0.2, 0.25) is 0 Å². The predicted octanol–water partition coefficient (Wildman–Crippen LogP) is 7.63. The molecule has 1 heterocycles. The topological polar surface area (TPSA) is 173 Å². The third kappa shape index (κ3) is 16.5. The number of hydrogen-bond acceptors (Lipinski definition) is 14. The second-order valence-corrected chi connectivity index (χ2v) is 13.2. The summed E-state index contributed by atoms with van der Waals surface area (Å²) < 4.78 is 27.8. The van der Waals surface area contributed by atoms with Crippen LogP contribution in [-0.4, -0.2) is 84.2 Å². The molecule has 0 bridgehead atoms. The van der Waals surface area contributed by atoms with E-state index in [1.165, 1.54) is 0 Å². The van der Waals surface area contributed by atoms with Crippen molar-refractivity contribution in [3.8, 4) is 12.1 Å². The molecule has 0 saturated heterocycles. The minimum Gasteiger partial charge on any atom is -0.463 e. The average Bonchev–Trinajstić information content (AvgIpc) is 3.49. The van der Waals surface area contributed by atoms with Gasteiger partial charge in [-0.3, -0.25) is 9.59 Å². The third-order valence-electron chi connectivity index (χ3n) is 8.26. The molecule has 1 aromatic heterocycles. The Balaban J connectivity index is 1.92. The van der Waals surface area contributed by atoms with Crippen molar-refractivity contribution in [3.05, 3.63) is 64.1 Å². The van der Waals surface area contributed by atoms with Crippen LogP contribution in [0.1, 0.15) is 68.0 Å². The number of carbonyl (C=O) groups excluding carboxylic acids is 3. The number of hydrogen-bond donors (Lipinski definition) is 0. The highest BCUT2D eigenvalue weighted by molar-refractivity contribution is 7.16. The van der Waals surface area contributed by atoms with E-state index < -0.39 is 11.9 Å². The number of allylic oxidation sites excluding steroid dienone is 4. The Labute approximate surface area is 323 Å². The Morgan fingerprint density at radius 2 is 1.50 bits per heavy atom. The molecule has 292 valence electrons. The van der Waals surface area contributed by atoms with Crippen molar-refractivity contribution in [2.75, 3.05) is 70.8 Å². The maximum absolute atomic E-state index is 12.4. The van der Waals surface area contributed by atoms with Gasteiger partial charge in [-0.05, 0) is 76.3 Å². The van der Waals surface area contributed by atoms with Crippen molar-refractivity contribution in [3.63, 3.8) is 0 Å². The van der Waals surface area contributed by atoms with Crippen molar-refractivity contribution >= 4 is 45.9 Å². The first kappa shape index (κ1) is 45.4. The van der Waals surface area contributed by atoms with E-state index in [1.807, 2.05) is 70.2 Å². The van der Waals surface area contributed by atoms with Gasteiger partial charge >= 0.3 is 11.9 Å². The van der Waals surface area contributed by atoms with Crippen LogP contribution in [0.3, 0.4) is 0 Å². The van der Waals surface area contributed by atoms with E-state index in [2.05, 4.69) is 27.3 Å². The number of nitriles is 2. The normalized spacial score (nSPS) is 12.5. The number of ether oxygens (including phenoxy) is 5. The van der Waals surface area contributed by atoms with E-state index in [-0.39, 0.29) is 44.7 Å². The van der Waals surface area contributed by atoms with Gasteiger partial charge in [0, 0.05) is 24.7 Å². The quantitative estimate of drug-likeness (QED) is 0.0288. The number of esters is 2. The van der Waals surface area contributed by atoms with E-state index in [1.54, 1.807) is 6.92 Å². The minimum atomic E-state index is -0.432. The van der Waals surface area contributed by atoms with Crippen LogP contribution in [0.15, 0.2) is 52.7 Å². The van der Waals surface area contributed by atoms with E-state index >= 15 is 0 Å². The number of carbonyl (C=O) groups is 3. The summed E-state index contributed by atoms with van der Waals surface area (Å²) in [5.74, 6) is -1.21. The highest BCUT2D eigenvalue weighted by Crippen LogP contribution is 2.36. The summed E-state index contributed by atoms with van der Waals surface area (Å²) in [7, 11) is 0. The van der Waals surface area contributed by atoms with E-state index in [9.17, 15) is 24.9 Å². The number of anilines is 1. The number of aldehydes is 1. The Morgan fingerprint density at radius 1 is 0.870 bits per heavy atom. The highest BCUT2D eigenvalue weighted by atomic mass is 32.1. The molecule has 0 spiro atoms. The van der Waals surface area contributed by atoms with Gasteiger partial charge in [-0.25, -0.2) is 0 Å². The molecule has 2 atom stereocenters. The van der Waals surface area contributed by atoms with Crippen LogP contribution in [0.4, 0.5) is 16.4 Å². The second kappa shape index (κ2) is 26.9. The number of nitrogens with zero attached hydrogens (tertiary/aromatic N) is 5. The van der Waals surface area contributed by atoms with E-state index in [4.69, 9.17) is 23.7 Å². The fourth-order valence-corrected chi connectivity index (χ4v) is 5.91. The molecule has 54 heavy (non-hydrogen) atoms. The molecule has 0 radical (unpaired) electrons. The van der Waals surface area contributed by atoms with Crippen LogP contribution in [0, 0.1) is 48.3 Å². The first-order valence-corrected chi connectivity index (χ1v) is 19.0. The summed E-state index contributed by atoms with van der Waals surface area (Å²) in [5.41, 5.74) is 3.35. The van der Waals surface area contributed by atoms with Crippen molar-refractivity contribution < 1.29 is 38.1 Å². The molecule has 0 aliphatic heterocycles. The highest BCUT2D eigenvalue weighted by Gasteiger charge is 2.17. The number of benzene rings is 1. The first-order valence-electron chi connectivity index (χ1n) is 18.2. The van der Waals surface area contributed by atoms with E-state index in [0.717, 1.165) is 28.9 Å². The van der Waals surface area contributed by atoms with Gasteiger partial charge in [0.1, 0.15) is 36.5 Å². The van der Waals surface area contributed by atoms with Crippen LogP contribution in [0.25, 0.3) is 0 Å². The summed E-state index contributed by atoms with van der Waals surface area (Å²) in [6.45, 7) is 12.7. The third-order valence-corrected chi connectivity index (χ3v) is 9.34. The lowest BCUT2D eigenvalue weighted by molar-refractivity contribution is -0.150. The number of thiophene rings is 1. The molecule has 2 aromatic rings. The molecule has 0 aliphatic carbocycles. The molecule has 2 rings (SSSR count). The summed E-state index contributed by atoms with van der Waals surface area (Å²) in [5, 5.41) is 28.0. The molecule has 0 fully saturated rings. The van der Waals surface area contributed by atoms with Gasteiger partial charge in [0.05, 0.1) is 63.2 Å². The number of azo groups is 1. The molecule has 2 unspecified atom stereocenters. The monoisotopic (exact) mass is 763 g/mol. The van der Waals surface area contributed by atoms with Gasteiger partial charge in [0.15, 0.2) is 5.00 Å². The lowest BCUT2D eigenvalue weighted by atomic mass is 10.0. The standard InChI is InChI=1S/C40H53N5O8S/c1-6-9-11-32(29-46)26-38(47)52-23-21-51-20-19-49-17-15-45(16-18-50-22-24-53-40(48)33(8-3)12-10-7-2)34-13-14-36(30(4)25-34)43-44-39-35(27-41)31(5)37(28-42)54-39/h6-7,9-10,13-14,25,29,32-33H,8,11-12,15-24,26H2,1-5H3/b9-6+,10-7+,44-43?. The average molecular weight is 764 g/mol. The summed E-state index contributed by atoms with van der Waals surface area (Å²) in [6.07, 6.45) is 10.3. The Morgan fingerprint density at radius 3 is 2.09 bits per heavy atom. The molecule has 14 heteroatoms. The lowest BCUT2D eigenvalue weighted by Crippen LogP contribution is -2.31. The Kier molecular flexibility index (Phi) is 22.7. The smallest absolute Gasteiger partial charge is 0.309 e. The van der Waals surface area contributed by atoms with Gasteiger partial charge < -0.3 is 33.4 Å². The lowest BCUT2D eigenvalue weighted by Gasteiger charge is -2.25. The largest absolute Gasteiger partial charge is 0.463 e. The van der Waals surface area contributed by atoms with Crippen LogP contribution in [-0.2, 0) is 38.1 Å².